The number of benzene rings is 2. The molecule has 0 aliphatic rings. The zero-order valence-electron chi connectivity index (χ0n) is 17.7. The Kier molecular flexibility index (Phi) is 8.99. The molecule has 31 heavy (non-hydrogen) atoms. The van der Waals surface area contributed by atoms with Gasteiger partial charge in [-0.15, -0.1) is 0 Å². The number of amides is 1. The predicted octanol–water partition coefficient (Wildman–Crippen LogP) is 4.44. The van der Waals surface area contributed by atoms with Crippen molar-refractivity contribution in [2.75, 3.05) is 5.32 Å². The molecule has 0 aromatic heterocycles. The Morgan fingerprint density at radius 1 is 1.13 bits per heavy atom. The van der Waals surface area contributed by atoms with Gasteiger partial charge in [0.15, 0.2) is 5.11 Å². The summed E-state index contributed by atoms with van der Waals surface area (Å²) in [6.45, 7) is 7.54. The van der Waals surface area contributed by atoms with E-state index >= 15 is 0 Å². The van der Waals surface area contributed by atoms with Crippen LogP contribution in [0.3, 0.4) is 0 Å². The molecular weight excluding hydrogens is 502 g/mol. The molecule has 0 aliphatic heterocycles. The van der Waals surface area contributed by atoms with Gasteiger partial charge in [0.2, 0.25) is 10.0 Å². The molecule has 2 aromatic rings. The van der Waals surface area contributed by atoms with Crippen LogP contribution in [0.25, 0.3) is 0 Å². The highest BCUT2D eigenvalue weighted by Gasteiger charge is 2.16. The fourth-order valence-electron chi connectivity index (χ4n) is 2.46. The van der Waals surface area contributed by atoms with E-state index in [9.17, 15) is 13.2 Å². The number of ether oxygens (including phenoxy) is 1. The average molecular weight is 528 g/mol. The van der Waals surface area contributed by atoms with Gasteiger partial charge in [-0.25, -0.2) is 13.1 Å². The number of thiocarbonyl (C=S) groups is 1. The molecular formula is C21H26BrN3O4S2. The van der Waals surface area contributed by atoms with Crippen LogP contribution in [0.4, 0.5) is 5.69 Å². The number of anilines is 1. The van der Waals surface area contributed by atoms with Gasteiger partial charge in [-0.3, -0.25) is 10.1 Å². The fraction of sp³-hybridized carbons (Fsp3) is 0.333. The van der Waals surface area contributed by atoms with Crippen LogP contribution in [-0.2, 0) is 10.0 Å². The molecule has 2 rings (SSSR count). The summed E-state index contributed by atoms with van der Waals surface area (Å²) in [7, 11) is -3.58. The lowest BCUT2D eigenvalue weighted by Gasteiger charge is -2.14. The minimum atomic E-state index is -3.58. The largest absolute Gasteiger partial charge is 0.490 e. The van der Waals surface area contributed by atoms with Gasteiger partial charge >= 0.3 is 0 Å². The molecule has 0 heterocycles. The molecule has 1 unspecified atom stereocenters. The lowest BCUT2D eigenvalue weighted by atomic mass is 10.2. The minimum Gasteiger partial charge on any atom is -0.490 e. The highest BCUT2D eigenvalue weighted by molar-refractivity contribution is 9.10. The molecule has 0 saturated heterocycles. The van der Waals surface area contributed by atoms with E-state index in [-0.39, 0.29) is 28.1 Å². The van der Waals surface area contributed by atoms with Crippen LogP contribution in [0.15, 0.2) is 51.8 Å². The maximum atomic E-state index is 12.5. The molecule has 3 N–H and O–H groups in total. The molecule has 0 aliphatic carbocycles. The topological polar surface area (TPSA) is 96.5 Å². The van der Waals surface area contributed by atoms with Gasteiger partial charge in [-0.2, -0.15) is 0 Å². The number of carbonyl (C=O) groups is 1. The Morgan fingerprint density at radius 2 is 1.77 bits per heavy atom. The number of nitrogens with one attached hydrogen (secondary N) is 3. The molecule has 0 saturated carbocycles. The third-order valence-electron chi connectivity index (χ3n) is 4.17. The third-order valence-corrected chi connectivity index (χ3v) is 6.60. The van der Waals surface area contributed by atoms with Crippen molar-refractivity contribution in [3.8, 4) is 5.75 Å². The minimum absolute atomic E-state index is 0.0138. The second-order valence-electron chi connectivity index (χ2n) is 7.18. The zero-order chi connectivity index (χ0) is 23.2. The molecule has 0 fully saturated rings. The van der Waals surface area contributed by atoms with Gasteiger partial charge in [0.1, 0.15) is 5.75 Å². The van der Waals surface area contributed by atoms with Gasteiger partial charge in [0.25, 0.3) is 5.91 Å². The molecule has 1 atom stereocenters. The van der Waals surface area contributed by atoms with Gasteiger partial charge in [0, 0.05) is 17.3 Å². The highest BCUT2D eigenvalue weighted by atomic mass is 79.9. The number of sulfonamides is 1. The first-order valence-corrected chi connectivity index (χ1v) is 12.4. The summed E-state index contributed by atoms with van der Waals surface area (Å²) in [6, 6.07) is 11.0. The standard InChI is InChI=1S/C21H26BrN3O4S2/c1-5-14(4)25-31(27,28)17-9-7-16(8-10-17)23-21(30)24-20(26)15-6-11-19(18(22)12-15)29-13(2)3/h6-14,25H,5H2,1-4H3,(H2,23,24,26,30). The number of carbonyl (C=O) groups excluding carboxylic acids is 1. The van der Waals surface area contributed by atoms with E-state index in [1.165, 1.54) is 12.1 Å². The summed E-state index contributed by atoms with van der Waals surface area (Å²) in [5, 5.41) is 5.57. The van der Waals surface area contributed by atoms with Crippen LogP contribution in [-0.4, -0.2) is 31.6 Å². The Labute approximate surface area is 197 Å². The number of hydrogen-bond acceptors (Lipinski definition) is 5. The summed E-state index contributed by atoms with van der Waals surface area (Å²) in [5.41, 5.74) is 0.958. The van der Waals surface area contributed by atoms with Crippen molar-refractivity contribution in [1.82, 2.24) is 10.0 Å². The molecule has 0 radical (unpaired) electrons. The van der Waals surface area contributed by atoms with Crippen molar-refractivity contribution >= 4 is 54.9 Å². The van der Waals surface area contributed by atoms with Crippen molar-refractivity contribution in [2.24, 2.45) is 0 Å². The molecule has 168 valence electrons. The molecule has 7 nitrogen and oxygen atoms in total. The Morgan fingerprint density at radius 3 is 2.32 bits per heavy atom. The molecule has 2 aromatic carbocycles. The molecule has 0 bridgehead atoms. The van der Waals surface area contributed by atoms with E-state index in [0.29, 0.717) is 27.9 Å². The second-order valence-corrected chi connectivity index (χ2v) is 10.2. The Hall–Kier alpha value is -2.01. The van der Waals surface area contributed by atoms with Gasteiger partial charge in [-0.05, 0) is 97.8 Å². The summed E-state index contributed by atoms with van der Waals surface area (Å²) in [5.74, 6) is 0.261. The highest BCUT2D eigenvalue weighted by Crippen LogP contribution is 2.27. The zero-order valence-corrected chi connectivity index (χ0v) is 20.9. The molecule has 1 amide bonds. The number of halogens is 1. The first-order valence-electron chi connectivity index (χ1n) is 9.72. The number of rotatable bonds is 8. The molecule has 0 spiro atoms. The van der Waals surface area contributed by atoms with Crippen LogP contribution in [0, 0.1) is 0 Å². The SMILES string of the molecule is CCC(C)NS(=O)(=O)c1ccc(NC(=S)NC(=O)c2ccc(OC(C)C)c(Br)c2)cc1. The van der Waals surface area contributed by atoms with Crippen LogP contribution >= 0.6 is 28.1 Å². The van der Waals surface area contributed by atoms with Crippen molar-refractivity contribution in [2.45, 2.75) is 51.2 Å². The van der Waals surface area contributed by atoms with Crippen LogP contribution in [0.1, 0.15) is 44.5 Å². The van der Waals surface area contributed by atoms with Crippen molar-refractivity contribution in [3.63, 3.8) is 0 Å². The van der Waals surface area contributed by atoms with E-state index in [4.69, 9.17) is 17.0 Å². The number of hydrogen-bond donors (Lipinski definition) is 3. The monoisotopic (exact) mass is 527 g/mol. The quantitative estimate of drug-likeness (QED) is 0.439. The lowest BCUT2D eigenvalue weighted by molar-refractivity contribution is 0.0977. The van der Waals surface area contributed by atoms with Crippen LogP contribution in [0.5, 0.6) is 5.75 Å². The summed E-state index contributed by atoms with van der Waals surface area (Å²) >= 11 is 8.60. The van der Waals surface area contributed by atoms with Crippen molar-refractivity contribution in [3.05, 3.63) is 52.5 Å². The first-order chi connectivity index (χ1) is 14.5. The van der Waals surface area contributed by atoms with E-state index in [1.807, 2.05) is 20.8 Å². The van der Waals surface area contributed by atoms with Gasteiger partial charge < -0.3 is 10.1 Å². The molecule has 10 heteroatoms. The van der Waals surface area contributed by atoms with Gasteiger partial charge in [0.05, 0.1) is 15.5 Å². The van der Waals surface area contributed by atoms with Crippen LogP contribution < -0.4 is 20.1 Å². The maximum absolute atomic E-state index is 12.5. The normalized spacial score (nSPS) is 12.3. The van der Waals surface area contributed by atoms with Crippen molar-refractivity contribution < 1.29 is 17.9 Å². The first kappa shape index (κ1) is 25.3. The second kappa shape index (κ2) is 11.0. The fourth-order valence-corrected chi connectivity index (χ4v) is 4.47. The maximum Gasteiger partial charge on any atom is 0.257 e. The van der Waals surface area contributed by atoms with Gasteiger partial charge in [-0.1, -0.05) is 6.92 Å². The third kappa shape index (κ3) is 7.57. The summed E-state index contributed by atoms with van der Waals surface area (Å²) in [6.07, 6.45) is 0.705. The van der Waals surface area contributed by atoms with Crippen LogP contribution in [0.2, 0.25) is 0 Å². The smallest absolute Gasteiger partial charge is 0.257 e. The Balaban J connectivity index is 1.99. The summed E-state index contributed by atoms with van der Waals surface area (Å²) < 4.78 is 33.5. The lowest BCUT2D eigenvalue weighted by Crippen LogP contribution is -2.34. The average Bonchev–Trinajstić information content (AvgIpc) is 2.69. The van der Waals surface area contributed by atoms with E-state index in [0.717, 1.165) is 0 Å². The van der Waals surface area contributed by atoms with E-state index in [2.05, 4.69) is 31.3 Å². The summed E-state index contributed by atoms with van der Waals surface area (Å²) in [4.78, 5) is 12.6. The predicted molar refractivity (Wildman–Crippen MR) is 130 cm³/mol. The van der Waals surface area contributed by atoms with Crippen molar-refractivity contribution in [1.29, 1.82) is 0 Å². The van der Waals surface area contributed by atoms with E-state index < -0.39 is 10.0 Å². The Bertz CT molecular complexity index is 1040. The van der Waals surface area contributed by atoms with E-state index in [1.54, 1.807) is 37.3 Å².